The molecule has 0 unspecified atom stereocenters. The molecule has 0 bridgehead atoms. The van der Waals surface area contributed by atoms with E-state index in [1.807, 2.05) is 0 Å². The summed E-state index contributed by atoms with van der Waals surface area (Å²) in [6.07, 6.45) is 0. The molecule has 0 radical (unpaired) electrons. The number of alkyl halides is 2. The Labute approximate surface area is 120 Å². The number of fused-ring (bicyclic) bond motifs is 1. The minimum Gasteiger partial charge on any atom is -0.454 e. The maximum atomic E-state index is 12.9. The summed E-state index contributed by atoms with van der Waals surface area (Å²) in [5, 5.41) is 0. The Morgan fingerprint density at radius 2 is 1.95 bits per heavy atom. The fourth-order valence-corrected chi connectivity index (χ4v) is 2.48. The SMILES string of the molecule is Cl.NCC(F)(F)CNS(=O)(=O)c1ccc2c(c1)OCO2. The van der Waals surface area contributed by atoms with Gasteiger partial charge in [0.15, 0.2) is 11.5 Å². The Bertz CT molecular complexity index is 583. The zero-order valence-corrected chi connectivity index (χ0v) is 11.8. The van der Waals surface area contributed by atoms with Gasteiger partial charge < -0.3 is 15.2 Å². The number of ether oxygens (including phenoxy) is 2. The summed E-state index contributed by atoms with van der Waals surface area (Å²) in [6.45, 7) is -1.99. The second-order valence-electron chi connectivity index (χ2n) is 3.90. The molecule has 6 nitrogen and oxygen atoms in total. The molecule has 1 aromatic carbocycles. The standard InChI is InChI=1S/C10H12F2N2O4S.ClH/c11-10(12,4-13)5-14-19(15,16)7-1-2-8-9(3-7)18-6-17-8;/h1-3,14H,4-6,13H2;1H. The van der Waals surface area contributed by atoms with E-state index >= 15 is 0 Å². The van der Waals surface area contributed by atoms with Crippen molar-refractivity contribution in [3.8, 4) is 11.5 Å². The minimum absolute atomic E-state index is 0. The summed E-state index contributed by atoms with van der Waals surface area (Å²) in [5.41, 5.74) is 4.83. The van der Waals surface area contributed by atoms with E-state index in [0.29, 0.717) is 5.75 Å². The first-order valence-corrected chi connectivity index (χ1v) is 6.80. The molecule has 2 rings (SSSR count). The van der Waals surface area contributed by atoms with Gasteiger partial charge in [-0.05, 0) is 12.1 Å². The van der Waals surface area contributed by atoms with E-state index in [4.69, 9.17) is 15.2 Å². The van der Waals surface area contributed by atoms with Gasteiger partial charge in [-0.1, -0.05) is 0 Å². The molecule has 0 aliphatic carbocycles. The van der Waals surface area contributed by atoms with Crippen molar-refractivity contribution in [1.82, 2.24) is 4.72 Å². The molecule has 1 aliphatic heterocycles. The van der Waals surface area contributed by atoms with Gasteiger partial charge in [-0.25, -0.2) is 21.9 Å². The van der Waals surface area contributed by atoms with Crippen LogP contribution in [0.4, 0.5) is 8.78 Å². The molecule has 20 heavy (non-hydrogen) atoms. The maximum Gasteiger partial charge on any atom is 0.273 e. The molecule has 0 spiro atoms. The van der Waals surface area contributed by atoms with Crippen LogP contribution in [-0.4, -0.2) is 34.2 Å². The van der Waals surface area contributed by atoms with E-state index in [1.54, 1.807) is 4.72 Å². The van der Waals surface area contributed by atoms with Crippen LogP contribution in [0.5, 0.6) is 11.5 Å². The lowest BCUT2D eigenvalue weighted by atomic mass is 10.3. The summed E-state index contributed by atoms with van der Waals surface area (Å²) >= 11 is 0. The highest BCUT2D eigenvalue weighted by atomic mass is 35.5. The van der Waals surface area contributed by atoms with Crippen molar-refractivity contribution >= 4 is 22.4 Å². The third-order valence-electron chi connectivity index (χ3n) is 2.47. The van der Waals surface area contributed by atoms with Crippen LogP contribution in [0.25, 0.3) is 0 Å². The highest BCUT2D eigenvalue weighted by Crippen LogP contribution is 2.33. The molecule has 0 aromatic heterocycles. The van der Waals surface area contributed by atoms with Gasteiger partial charge in [0.25, 0.3) is 5.92 Å². The van der Waals surface area contributed by atoms with Crippen molar-refractivity contribution in [3.63, 3.8) is 0 Å². The molecule has 0 saturated carbocycles. The lowest BCUT2D eigenvalue weighted by Crippen LogP contribution is -2.41. The molecule has 1 aromatic rings. The van der Waals surface area contributed by atoms with Gasteiger partial charge in [0.05, 0.1) is 18.0 Å². The Hall–Kier alpha value is -1.16. The van der Waals surface area contributed by atoms with Crippen LogP contribution in [0.2, 0.25) is 0 Å². The van der Waals surface area contributed by atoms with Crippen molar-refractivity contribution in [2.24, 2.45) is 5.73 Å². The van der Waals surface area contributed by atoms with Crippen LogP contribution in [0, 0.1) is 0 Å². The van der Waals surface area contributed by atoms with E-state index in [9.17, 15) is 17.2 Å². The van der Waals surface area contributed by atoms with Crippen LogP contribution < -0.4 is 19.9 Å². The largest absolute Gasteiger partial charge is 0.454 e. The van der Waals surface area contributed by atoms with E-state index < -0.39 is 29.0 Å². The summed E-state index contributed by atoms with van der Waals surface area (Å²) in [5.74, 6) is -2.62. The van der Waals surface area contributed by atoms with E-state index in [1.165, 1.54) is 18.2 Å². The van der Waals surface area contributed by atoms with Gasteiger partial charge in [-0.15, -0.1) is 12.4 Å². The van der Waals surface area contributed by atoms with Gasteiger partial charge >= 0.3 is 0 Å². The average molecular weight is 331 g/mol. The number of nitrogens with one attached hydrogen (secondary N) is 1. The van der Waals surface area contributed by atoms with Crippen LogP contribution in [0.3, 0.4) is 0 Å². The first-order valence-electron chi connectivity index (χ1n) is 5.31. The lowest BCUT2D eigenvalue weighted by Gasteiger charge is -2.14. The molecule has 1 heterocycles. The molecule has 0 atom stereocenters. The smallest absolute Gasteiger partial charge is 0.273 e. The van der Waals surface area contributed by atoms with E-state index in [2.05, 4.69) is 0 Å². The monoisotopic (exact) mass is 330 g/mol. The van der Waals surface area contributed by atoms with Crippen molar-refractivity contribution in [1.29, 1.82) is 0 Å². The quantitative estimate of drug-likeness (QED) is 0.829. The molecule has 0 saturated heterocycles. The van der Waals surface area contributed by atoms with Crippen molar-refractivity contribution in [2.75, 3.05) is 19.9 Å². The fourth-order valence-electron chi connectivity index (χ4n) is 1.40. The van der Waals surface area contributed by atoms with Crippen LogP contribution in [0.15, 0.2) is 23.1 Å². The number of rotatable bonds is 5. The summed E-state index contributed by atoms with van der Waals surface area (Å²) < 4.78 is 61.3. The normalized spacial score (nSPS) is 13.9. The van der Waals surface area contributed by atoms with E-state index in [0.717, 1.165) is 0 Å². The molecular formula is C10H13ClF2N2O4S. The van der Waals surface area contributed by atoms with Gasteiger partial charge in [0, 0.05) is 6.07 Å². The first kappa shape index (κ1) is 16.9. The average Bonchev–Trinajstić information content (AvgIpc) is 2.84. The number of hydrogen-bond donors (Lipinski definition) is 2. The number of nitrogens with two attached hydrogens (primary N) is 1. The van der Waals surface area contributed by atoms with Crippen molar-refractivity contribution < 1.29 is 26.7 Å². The molecule has 114 valence electrons. The highest BCUT2D eigenvalue weighted by Gasteiger charge is 2.30. The summed E-state index contributed by atoms with van der Waals surface area (Å²) in [7, 11) is -4.05. The summed E-state index contributed by atoms with van der Waals surface area (Å²) in [4.78, 5) is -0.176. The van der Waals surface area contributed by atoms with Gasteiger partial charge in [-0.2, -0.15) is 0 Å². The Morgan fingerprint density at radius 1 is 1.30 bits per heavy atom. The predicted octanol–water partition coefficient (Wildman–Crippen LogP) is 0.709. The summed E-state index contributed by atoms with van der Waals surface area (Å²) in [6, 6.07) is 3.86. The number of benzene rings is 1. The first-order chi connectivity index (χ1) is 8.84. The van der Waals surface area contributed by atoms with Crippen molar-refractivity contribution in [3.05, 3.63) is 18.2 Å². The second-order valence-corrected chi connectivity index (χ2v) is 5.67. The van der Waals surface area contributed by atoms with Gasteiger partial charge in [-0.3, -0.25) is 0 Å². The highest BCUT2D eigenvalue weighted by molar-refractivity contribution is 7.89. The maximum absolute atomic E-state index is 12.9. The van der Waals surface area contributed by atoms with Gasteiger partial charge in [0.2, 0.25) is 16.8 Å². The van der Waals surface area contributed by atoms with Crippen LogP contribution >= 0.6 is 12.4 Å². The Kier molecular flexibility index (Phi) is 5.14. The molecular weight excluding hydrogens is 318 g/mol. The third kappa shape index (κ3) is 3.69. The van der Waals surface area contributed by atoms with Crippen LogP contribution in [0.1, 0.15) is 0 Å². The zero-order chi connectivity index (χ0) is 14.1. The van der Waals surface area contributed by atoms with E-state index in [-0.39, 0.29) is 29.8 Å². The molecule has 0 fully saturated rings. The van der Waals surface area contributed by atoms with Crippen LogP contribution in [-0.2, 0) is 10.0 Å². The topological polar surface area (TPSA) is 90.7 Å². The third-order valence-corrected chi connectivity index (χ3v) is 3.87. The van der Waals surface area contributed by atoms with Crippen molar-refractivity contribution in [2.45, 2.75) is 10.8 Å². The number of halogens is 3. The number of hydrogen-bond acceptors (Lipinski definition) is 5. The fraction of sp³-hybridized carbons (Fsp3) is 0.400. The number of sulfonamides is 1. The van der Waals surface area contributed by atoms with Gasteiger partial charge in [0.1, 0.15) is 0 Å². The predicted molar refractivity (Wildman–Crippen MR) is 69.0 cm³/mol. The Balaban J connectivity index is 0.00000200. The molecule has 0 amide bonds. The minimum atomic E-state index is -4.05. The molecule has 10 heteroatoms. The second kappa shape index (κ2) is 6.08. The molecule has 3 N–H and O–H groups in total. The molecule has 1 aliphatic rings. The zero-order valence-electron chi connectivity index (χ0n) is 10.1. The Morgan fingerprint density at radius 3 is 2.60 bits per heavy atom. The lowest BCUT2D eigenvalue weighted by molar-refractivity contribution is 0.0170.